The Morgan fingerprint density at radius 1 is 0.373 bits per heavy atom. The van der Waals surface area contributed by atoms with E-state index in [0.29, 0.717) is 6.42 Å². The lowest BCUT2D eigenvalue weighted by Crippen LogP contribution is -2.45. The summed E-state index contributed by atoms with van der Waals surface area (Å²) in [4.78, 5) is 12.5. The molecule has 0 aromatic rings. The van der Waals surface area contributed by atoms with Crippen LogP contribution in [0.25, 0.3) is 0 Å². The van der Waals surface area contributed by atoms with Crippen LogP contribution in [0.1, 0.15) is 290 Å². The van der Waals surface area contributed by atoms with Gasteiger partial charge in [0.1, 0.15) is 0 Å². The van der Waals surface area contributed by atoms with Crippen molar-refractivity contribution in [2.75, 3.05) is 6.61 Å². The molecule has 1 amide bonds. The zero-order chi connectivity index (χ0) is 48.5. The third-order valence-electron chi connectivity index (χ3n) is 13.1. The summed E-state index contributed by atoms with van der Waals surface area (Å²) in [5.74, 6) is -0.0756. The molecule has 2 atom stereocenters. The second-order valence-corrected chi connectivity index (χ2v) is 19.7. The lowest BCUT2D eigenvalue weighted by molar-refractivity contribution is -0.123. The summed E-state index contributed by atoms with van der Waals surface area (Å²) < 4.78 is 0. The minimum Gasteiger partial charge on any atom is -0.394 e. The zero-order valence-corrected chi connectivity index (χ0v) is 44.7. The molecule has 0 spiro atoms. The van der Waals surface area contributed by atoms with Gasteiger partial charge in [0, 0.05) is 6.42 Å². The fourth-order valence-electron chi connectivity index (χ4n) is 8.67. The maximum Gasteiger partial charge on any atom is 0.220 e. The number of unbranched alkanes of at least 4 members (excludes halogenated alkanes) is 34. The van der Waals surface area contributed by atoms with Gasteiger partial charge < -0.3 is 15.5 Å². The van der Waals surface area contributed by atoms with E-state index in [-0.39, 0.29) is 12.5 Å². The molecule has 0 saturated heterocycles. The fourth-order valence-corrected chi connectivity index (χ4v) is 8.67. The van der Waals surface area contributed by atoms with Gasteiger partial charge in [-0.25, -0.2) is 0 Å². The first-order valence-corrected chi connectivity index (χ1v) is 29.3. The van der Waals surface area contributed by atoms with Gasteiger partial charge in [0.2, 0.25) is 5.91 Å². The predicted octanol–water partition coefficient (Wildman–Crippen LogP) is 19.5. The number of rotatable bonds is 53. The van der Waals surface area contributed by atoms with Crippen molar-refractivity contribution in [1.82, 2.24) is 5.32 Å². The second kappa shape index (κ2) is 57.9. The van der Waals surface area contributed by atoms with Crippen molar-refractivity contribution in [3.63, 3.8) is 0 Å². The number of aliphatic hydroxyl groups is 2. The highest BCUT2D eigenvalue weighted by molar-refractivity contribution is 5.76. The van der Waals surface area contributed by atoms with Crippen LogP contribution in [0.15, 0.2) is 85.1 Å². The van der Waals surface area contributed by atoms with Crippen molar-refractivity contribution in [3.05, 3.63) is 85.1 Å². The van der Waals surface area contributed by atoms with Gasteiger partial charge >= 0.3 is 0 Å². The Morgan fingerprint density at radius 2 is 0.672 bits per heavy atom. The molecule has 0 saturated carbocycles. The van der Waals surface area contributed by atoms with E-state index < -0.39 is 12.1 Å². The van der Waals surface area contributed by atoms with Crippen molar-refractivity contribution < 1.29 is 15.0 Å². The third-order valence-corrected chi connectivity index (χ3v) is 13.1. The van der Waals surface area contributed by atoms with Crippen LogP contribution in [0.3, 0.4) is 0 Å². The van der Waals surface area contributed by atoms with Crippen LogP contribution < -0.4 is 5.32 Å². The molecule has 4 nitrogen and oxygen atoms in total. The van der Waals surface area contributed by atoms with Crippen LogP contribution in [0.5, 0.6) is 0 Å². The number of hydrogen-bond acceptors (Lipinski definition) is 3. The molecule has 0 heterocycles. The number of hydrogen-bond donors (Lipinski definition) is 3. The monoisotopic (exact) mass is 932 g/mol. The SMILES string of the molecule is CC/C=C\C/C=C\C/C=C\C/C=C\CCCCCCCCCCCCCCCCCCCCCCCCC(=O)NC(CO)C(O)/C=C/CC/C=C/CC/C=C/CCCCCCCCCCCC. The molecule has 3 N–H and O–H groups in total. The van der Waals surface area contributed by atoms with Gasteiger partial charge in [-0.1, -0.05) is 285 Å². The van der Waals surface area contributed by atoms with Gasteiger partial charge in [-0.05, 0) is 83.5 Å². The van der Waals surface area contributed by atoms with Gasteiger partial charge in [-0.15, -0.1) is 0 Å². The lowest BCUT2D eigenvalue weighted by Gasteiger charge is -2.19. The summed E-state index contributed by atoms with van der Waals surface area (Å²) in [5.41, 5.74) is 0. The normalized spacial score (nSPS) is 13.4. The van der Waals surface area contributed by atoms with Crippen molar-refractivity contribution in [3.8, 4) is 0 Å². The number of aliphatic hydroxyl groups excluding tert-OH is 2. The van der Waals surface area contributed by atoms with E-state index in [1.165, 1.54) is 205 Å². The highest BCUT2D eigenvalue weighted by Gasteiger charge is 2.18. The molecule has 388 valence electrons. The zero-order valence-electron chi connectivity index (χ0n) is 44.7. The first-order valence-electron chi connectivity index (χ1n) is 29.3. The molecule has 67 heavy (non-hydrogen) atoms. The Morgan fingerprint density at radius 3 is 1.04 bits per heavy atom. The summed E-state index contributed by atoms with van der Waals surface area (Å²) in [5, 5.41) is 23.1. The second-order valence-electron chi connectivity index (χ2n) is 19.7. The fraction of sp³-hybridized carbons (Fsp3) is 0.762. The molecule has 0 aliphatic heterocycles. The number of allylic oxidation sites excluding steroid dienone is 13. The van der Waals surface area contributed by atoms with Crippen LogP contribution in [0, 0.1) is 0 Å². The predicted molar refractivity (Wildman–Crippen MR) is 299 cm³/mol. The molecule has 4 heteroatoms. The molecule has 2 unspecified atom stereocenters. The van der Waals surface area contributed by atoms with Crippen molar-refractivity contribution >= 4 is 5.91 Å². The van der Waals surface area contributed by atoms with Crippen LogP contribution in [0.2, 0.25) is 0 Å². The summed E-state index contributed by atoms with van der Waals surface area (Å²) in [6.07, 6.45) is 84.7. The summed E-state index contributed by atoms with van der Waals surface area (Å²) in [6, 6.07) is -0.648. The van der Waals surface area contributed by atoms with E-state index in [1.807, 2.05) is 6.08 Å². The van der Waals surface area contributed by atoms with E-state index in [0.717, 1.165) is 64.2 Å². The first kappa shape index (κ1) is 64.6. The largest absolute Gasteiger partial charge is 0.394 e. The Labute approximate surface area is 418 Å². The Hall–Kier alpha value is -2.43. The lowest BCUT2D eigenvalue weighted by atomic mass is 10.0. The average Bonchev–Trinajstić information content (AvgIpc) is 3.33. The molecule has 0 bridgehead atoms. The molecule has 0 aliphatic rings. The summed E-state index contributed by atoms with van der Waals surface area (Å²) >= 11 is 0. The molecule has 0 fully saturated rings. The average molecular weight is 933 g/mol. The van der Waals surface area contributed by atoms with Gasteiger partial charge in [0.25, 0.3) is 0 Å². The molecular weight excluding hydrogens is 819 g/mol. The van der Waals surface area contributed by atoms with E-state index in [9.17, 15) is 15.0 Å². The topological polar surface area (TPSA) is 69.6 Å². The van der Waals surface area contributed by atoms with Crippen LogP contribution in [-0.4, -0.2) is 34.9 Å². The maximum atomic E-state index is 12.5. The Bertz CT molecular complexity index is 1190. The first-order chi connectivity index (χ1) is 33.2. The molecule has 0 aliphatic carbocycles. The number of carbonyl (C=O) groups is 1. The van der Waals surface area contributed by atoms with Crippen LogP contribution in [-0.2, 0) is 4.79 Å². The van der Waals surface area contributed by atoms with Crippen molar-refractivity contribution in [2.45, 2.75) is 302 Å². The van der Waals surface area contributed by atoms with Crippen molar-refractivity contribution in [2.24, 2.45) is 0 Å². The van der Waals surface area contributed by atoms with Gasteiger partial charge in [-0.2, -0.15) is 0 Å². The summed E-state index contributed by atoms with van der Waals surface area (Å²) in [6.45, 7) is 4.19. The molecule has 0 rings (SSSR count). The van der Waals surface area contributed by atoms with E-state index in [4.69, 9.17) is 0 Å². The Kier molecular flexibility index (Phi) is 55.8. The van der Waals surface area contributed by atoms with Gasteiger partial charge in [-0.3, -0.25) is 4.79 Å². The Balaban J connectivity index is 3.50. The minimum absolute atomic E-state index is 0.0756. The van der Waals surface area contributed by atoms with Crippen molar-refractivity contribution in [1.29, 1.82) is 0 Å². The van der Waals surface area contributed by atoms with E-state index in [2.05, 4.69) is 92.1 Å². The van der Waals surface area contributed by atoms with Crippen LogP contribution >= 0.6 is 0 Å². The van der Waals surface area contributed by atoms with E-state index in [1.54, 1.807) is 6.08 Å². The molecule has 0 radical (unpaired) electrons. The molecule has 0 aromatic carbocycles. The highest BCUT2D eigenvalue weighted by atomic mass is 16.3. The molecular formula is C63H113NO3. The number of carbonyl (C=O) groups excluding carboxylic acids is 1. The van der Waals surface area contributed by atoms with E-state index >= 15 is 0 Å². The minimum atomic E-state index is -0.873. The summed E-state index contributed by atoms with van der Waals surface area (Å²) in [7, 11) is 0. The standard InChI is InChI=1S/C63H113NO3/c1-3-5-7-9-11-13-15-17-19-21-23-25-26-27-28-29-30-31-32-33-34-35-36-37-38-39-41-43-45-47-49-51-53-55-57-59-63(67)64-61(60-65)62(66)58-56-54-52-50-48-46-44-42-40-24-22-20-18-16-14-12-10-8-6-4-2/h5,7,11,13,17,19,23,25,40,42,48,50,56,58,61-62,65-66H,3-4,6,8-10,12,14-16,18,20-22,24,26-39,41,43-47,49,51-55,57,59-60H2,1-2H3,(H,64,67)/b7-5-,13-11-,19-17-,25-23-,42-40+,50-48+,58-56+. The van der Waals surface area contributed by atoms with Crippen LogP contribution in [0.4, 0.5) is 0 Å². The van der Waals surface area contributed by atoms with Gasteiger partial charge in [0.05, 0.1) is 18.8 Å². The maximum absolute atomic E-state index is 12.5. The molecule has 0 aromatic heterocycles. The smallest absolute Gasteiger partial charge is 0.220 e. The number of nitrogens with one attached hydrogen (secondary N) is 1. The number of amides is 1. The quantitative estimate of drug-likeness (QED) is 0.0420. The highest BCUT2D eigenvalue weighted by Crippen LogP contribution is 2.17. The van der Waals surface area contributed by atoms with Gasteiger partial charge in [0.15, 0.2) is 0 Å². The third kappa shape index (κ3) is 54.4.